The molecule has 0 heterocycles. The van der Waals surface area contributed by atoms with Gasteiger partial charge < -0.3 is 0 Å². The van der Waals surface area contributed by atoms with Gasteiger partial charge in [-0.1, -0.05) is 67.7 Å². The van der Waals surface area contributed by atoms with Crippen molar-refractivity contribution in [3.05, 3.63) is 118 Å². The average Bonchev–Trinajstić information content (AvgIpc) is 2.88. The van der Waals surface area contributed by atoms with Crippen molar-refractivity contribution in [1.82, 2.24) is 0 Å². The Morgan fingerprint density at radius 2 is 1.29 bits per heavy atom. The highest BCUT2D eigenvalue weighted by molar-refractivity contribution is 5.86. The second-order valence-corrected chi connectivity index (χ2v) is 8.21. The fourth-order valence-electron chi connectivity index (χ4n) is 3.71. The number of nitrogens with zero attached hydrogens (tertiary/aromatic N) is 1. The summed E-state index contributed by atoms with van der Waals surface area (Å²) in [6.45, 7) is 2.21. The van der Waals surface area contributed by atoms with E-state index in [1.54, 1.807) is 36.4 Å². The van der Waals surface area contributed by atoms with Crippen LogP contribution in [0, 0.1) is 40.8 Å². The van der Waals surface area contributed by atoms with Crippen LogP contribution < -0.4 is 0 Å². The Kier molecular flexibility index (Phi) is 7.40. The lowest BCUT2D eigenvalue weighted by atomic mass is 10.0. The van der Waals surface area contributed by atoms with Crippen LogP contribution >= 0.6 is 0 Å². The number of nitriles is 1. The SMILES string of the molecule is CCCCCc1ccc(C#Cc2ccc3c(F)c(C#Cc4ccc(C#N)cc4)ccc3c2)cc1. The number of fused-ring (bicyclic) bond motifs is 1. The predicted molar refractivity (Wildman–Crippen MR) is 137 cm³/mol. The van der Waals surface area contributed by atoms with Gasteiger partial charge in [0.1, 0.15) is 5.82 Å². The zero-order chi connectivity index (χ0) is 23.8. The van der Waals surface area contributed by atoms with Crippen LogP contribution in [0.1, 0.15) is 59.6 Å². The first-order valence-corrected chi connectivity index (χ1v) is 11.5. The lowest BCUT2D eigenvalue weighted by Crippen LogP contribution is -1.88. The van der Waals surface area contributed by atoms with E-state index in [1.807, 2.05) is 18.2 Å². The molecule has 4 rings (SSSR count). The topological polar surface area (TPSA) is 23.8 Å². The molecule has 0 spiro atoms. The summed E-state index contributed by atoms with van der Waals surface area (Å²) < 4.78 is 15.0. The third-order valence-corrected chi connectivity index (χ3v) is 5.68. The number of hydrogen-bond donors (Lipinski definition) is 0. The molecule has 0 fully saturated rings. The smallest absolute Gasteiger partial charge is 0.146 e. The molecule has 0 N–H and O–H groups in total. The van der Waals surface area contributed by atoms with Gasteiger partial charge in [-0.3, -0.25) is 0 Å². The van der Waals surface area contributed by atoms with Crippen molar-refractivity contribution in [3.63, 3.8) is 0 Å². The minimum atomic E-state index is -0.336. The zero-order valence-electron chi connectivity index (χ0n) is 19.2. The van der Waals surface area contributed by atoms with Crippen LogP contribution in [-0.2, 0) is 6.42 Å². The molecule has 4 aromatic carbocycles. The summed E-state index contributed by atoms with van der Waals surface area (Å²) in [5.74, 6) is 11.9. The van der Waals surface area contributed by atoms with Crippen LogP contribution in [0.3, 0.4) is 0 Å². The summed E-state index contributed by atoms with van der Waals surface area (Å²) in [5.41, 5.74) is 4.81. The van der Waals surface area contributed by atoms with Gasteiger partial charge >= 0.3 is 0 Å². The normalized spacial score (nSPS) is 10.0. The monoisotopic (exact) mass is 441 g/mol. The van der Waals surface area contributed by atoms with Crippen molar-refractivity contribution in [1.29, 1.82) is 5.26 Å². The summed E-state index contributed by atoms with van der Waals surface area (Å²) in [5, 5.41) is 10.2. The lowest BCUT2D eigenvalue weighted by molar-refractivity contribution is 0.636. The highest BCUT2D eigenvalue weighted by Crippen LogP contribution is 2.22. The van der Waals surface area contributed by atoms with Crippen LogP contribution in [-0.4, -0.2) is 0 Å². The summed E-state index contributed by atoms with van der Waals surface area (Å²) in [6, 6.07) is 26.5. The molecule has 0 amide bonds. The van der Waals surface area contributed by atoms with Crippen molar-refractivity contribution in [2.75, 3.05) is 0 Å². The molecule has 0 unspecified atom stereocenters. The molecule has 34 heavy (non-hydrogen) atoms. The molecule has 0 aromatic heterocycles. The highest BCUT2D eigenvalue weighted by Gasteiger charge is 2.06. The van der Waals surface area contributed by atoms with E-state index in [0.29, 0.717) is 16.5 Å². The van der Waals surface area contributed by atoms with Gasteiger partial charge in [-0.15, -0.1) is 0 Å². The minimum absolute atomic E-state index is 0.336. The van der Waals surface area contributed by atoms with Crippen molar-refractivity contribution in [3.8, 4) is 29.8 Å². The molecule has 0 aliphatic carbocycles. The van der Waals surface area contributed by atoms with Gasteiger partial charge in [0, 0.05) is 22.1 Å². The van der Waals surface area contributed by atoms with Crippen LogP contribution in [0.4, 0.5) is 4.39 Å². The Hall–Kier alpha value is -4.32. The number of aryl methyl sites for hydroxylation is 1. The maximum absolute atomic E-state index is 15.0. The van der Waals surface area contributed by atoms with Crippen LogP contribution in [0.15, 0.2) is 78.9 Å². The maximum atomic E-state index is 15.0. The van der Waals surface area contributed by atoms with E-state index in [-0.39, 0.29) is 5.82 Å². The van der Waals surface area contributed by atoms with E-state index in [2.05, 4.69) is 60.9 Å². The first kappa shape index (κ1) is 22.9. The Balaban J connectivity index is 1.51. The molecule has 0 saturated carbocycles. The molecule has 0 saturated heterocycles. The van der Waals surface area contributed by atoms with E-state index in [0.717, 1.165) is 28.5 Å². The molecule has 164 valence electrons. The second kappa shape index (κ2) is 11.0. The molecule has 0 radical (unpaired) electrons. The molecular weight excluding hydrogens is 417 g/mol. The Morgan fingerprint density at radius 1 is 0.676 bits per heavy atom. The van der Waals surface area contributed by atoms with Crippen molar-refractivity contribution in [2.24, 2.45) is 0 Å². The molecule has 0 aliphatic rings. The minimum Gasteiger partial charge on any atom is -0.205 e. The van der Waals surface area contributed by atoms with Gasteiger partial charge in [-0.05, 0) is 78.4 Å². The van der Waals surface area contributed by atoms with Crippen LogP contribution in [0.5, 0.6) is 0 Å². The van der Waals surface area contributed by atoms with E-state index >= 15 is 4.39 Å². The highest BCUT2D eigenvalue weighted by atomic mass is 19.1. The van der Waals surface area contributed by atoms with Crippen molar-refractivity contribution < 1.29 is 4.39 Å². The number of hydrogen-bond acceptors (Lipinski definition) is 1. The number of rotatable bonds is 4. The lowest BCUT2D eigenvalue weighted by Gasteiger charge is -2.03. The van der Waals surface area contributed by atoms with E-state index in [1.165, 1.54) is 24.8 Å². The second-order valence-electron chi connectivity index (χ2n) is 8.21. The van der Waals surface area contributed by atoms with E-state index in [9.17, 15) is 0 Å². The van der Waals surface area contributed by atoms with Crippen molar-refractivity contribution >= 4 is 10.8 Å². The first-order chi connectivity index (χ1) is 16.7. The molecule has 2 heteroatoms. The average molecular weight is 442 g/mol. The quantitative estimate of drug-likeness (QED) is 0.239. The third-order valence-electron chi connectivity index (χ3n) is 5.68. The summed E-state index contributed by atoms with van der Waals surface area (Å²) in [4.78, 5) is 0. The zero-order valence-corrected chi connectivity index (χ0v) is 19.2. The standard InChI is InChI=1S/C32H24FN/c1-2-3-4-5-24-6-8-25(9-7-24)10-13-27-17-21-31-30(22-27)20-19-29(32(31)33)18-16-26-11-14-28(23-34)15-12-26/h6-9,11-12,14-15,17,19-22H,2-5H2,1H3. The van der Waals surface area contributed by atoms with Gasteiger partial charge in [-0.2, -0.15) is 5.26 Å². The number of unbranched alkanes of at least 4 members (excludes halogenated alkanes) is 2. The summed E-state index contributed by atoms with van der Waals surface area (Å²) in [6.07, 6.45) is 4.82. The summed E-state index contributed by atoms with van der Waals surface area (Å²) in [7, 11) is 0. The molecule has 4 aromatic rings. The molecular formula is C32H24FN. The number of benzene rings is 4. The summed E-state index contributed by atoms with van der Waals surface area (Å²) >= 11 is 0. The first-order valence-electron chi connectivity index (χ1n) is 11.5. The van der Waals surface area contributed by atoms with Gasteiger partial charge in [0.2, 0.25) is 0 Å². The van der Waals surface area contributed by atoms with E-state index in [4.69, 9.17) is 5.26 Å². The van der Waals surface area contributed by atoms with Crippen LogP contribution in [0.2, 0.25) is 0 Å². The molecule has 0 bridgehead atoms. The Labute approximate surface area is 200 Å². The molecule has 0 aliphatic heterocycles. The van der Waals surface area contributed by atoms with Crippen molar-refractivity contribution in [2.45, 2.75) is 32.6 Å². The third kappa shape index (κ3) is 5.72. The fourth-order valence-corrected chi connectivity index (χ4v) is 3.71. The Morgan fingerprint density at radius 3 is 2.00 bits per heavy atom. The van der Waals surface area contributed by atoms with Crippen LogP contribution in [0.25, 0.3) is 10.8 Å². The van der Waals surface area contributed by atoms with Gasteiger partial charge in [0.15, 0.2) is 0 Å². The van der Waals surface area contributed by atoms with E-state index < -0.39 is 0 Å². The van der Waals surface area contributed by atoms with Gasteiger partial charge in [0.25, 0.3) is 0 Å². The van der Waals surface area contributed by atoms with Gasteiger partial charge in [0.05, 0.1) is 17.2 Å². The Bertz CT molecular complexity index is 1470. The van der Waals surface area contributed by atoms with Gasteiger partial charge in [-0.25, -0.2) is 4.39 Å². The molecule has 0 atom stereocenters. The fraction of sp³-hybridized carbons (Fsp3) is 0.156. The maximum Gasteiger partial charge on any atom is 0.146 e. The predicted octanol–water partition coefficient (Wildman–Crippen LogP) is 7.38. The largest absolute Gasteiger partial charge is 0.205 e. The molecule has 1 nitrogen and oxygen atoms in total. The number of halogens is 1.